The minimum atomic E-state index is -4.34. The zero-order chi connectivity index (χ0) is 27.2. The summed E-state index contributed by atoms with van der Waals surface area (Å²) < 4.78 is 80.4. The molecule has 0 spiro atoms. The topological polar surface area (TPSA) is 22.1 Å². The van der Waals surface area contributed by atoms with Crippen molar-refractivity contribution in [3.05, 3.63) is 100 Å². The van der Waals surface area contributed by atoms with Gasteiger partial charge in [-0.15, -0.1) is 34.5 Å². The number of thiazole rings is 1. The van der Waals surface area contributed by atoms with Crippen LogP contribution in [0.5, 0.6) is 11.5 Å². The van der Waals surface area contributed by atoms with Crippen molar-refractivity contribution in [1.29, 1.82) is 0 Å². The van der Waals surface area contributed by atoms with Crippen LogP contribution in [0.2, 0.25) is 0 Å². The van der Waals surface area contributed by atoms with Crippen molar-refractivity contribution in [2.24, 2.45) is 0 Å². The van der Waals surface area contributed by atoms with Crippen LogP contribution < -0.4 is 4.74 Å². The van der Waals surface area contributed by atoms with Crippen LogP contribution in [0.15, 0.2) is 72.8 Å². The standard InChI is InChI=1S/C14H10ClF3O.C12H9ClF3NS/c15-9-10-1-5-12(6-2-10)19-13-7-3-11(4-8-13)14(16,17)18;1-7-10(6-13)18-11(17-7)8-3-2-4-9(5-8)12(14,15)16/h1-8H,9H2;2-5H,6H2,1H3. The Kier molecular flexibility index (Phi) is 9.50. The summed E-state index contributed by atoms with van der Waals surface area (Å²) in [6, 6.07) is 16.7. The molecule has 2 nitrogen and oxygen atoms in total. The Morgan fingerprint density at radius 2 is 1.32 bits per heavy atom. The third-order valence-corrected chi connectivity index (χ3v) is 6.89. The van der Waals surface area contributed by atoms with Gasteiger partial charge in [-0.05, 0) is 61.0 Å². The maximum Gasteiger partial charge on any atom is 0.416 e. The van der Waals surface area contributed by atoms with Crippen LogP contribution >= 0.6 is 34.5 Å². The van der Waals surface area contributed by atoms with Gasteiger partial charge in [-0.1, -0.05) is 24.3 Å². The molecule has 37 heavy (non-hydrogen) atoms. The van der Waals surface area contributed by atoms with E-state index in [4.69, 9.17) is 27.9 Å². The monoisotopic (exact) mass is 577 g/mol. The van der Waals surface area contributed by atoms with Gasteiger partial charge in [0.05, 0.1) is 22.7 Å². The molecule has 0 bridgehead atoms. The number of ether oxygens (including phenoxy) is 1. The summed E-state index contributed by atoms with van der Waals surface area (Å²) in [4.78, 5) is 5.12. The van der Waals surface area contributed by atoms with Crippen LogP contribution in [0.25, 0.3) is 10.6 Å². The van der Waals surface area contributed by atoms with Crippen LogP contribution in [0.4, 0.5) is 26.3 Å². The zero-order valence-electron chi connectivity index (χ0n) is 19.1. The van der Waals surface area contributed by atoms with Gasteiger partial charge in [0.25, 0.3) is 0 Å². The molecule has 0 unspecified atom stereocenters. The third-order valence-electron chi connectivity index (χ3n) is 4.95. The normalized spacial score (nSPS) is 11.6. The fourth-order valence-corrected chi connectivity index (χ4v) is 4.44. The first-order valence-electron chi connectivity index (χ1n) is 10.6. The average Bonchev–Trinajstić information content (AvgIpc) is 3.25. The van der Waals surface area contributed by atoms with Crippen molar-refractivity contribution >= 4 is 34.5 Å². The van der Waals surface area contributed by atoms with E-state index in [1.54, 1.807) is 37.3 Å². The number of nitrogens with zero attached hydrogens (tertiary/aromatic N) is 1. The molecule has 3 aromatic carbocycles. The first kappa shape index (κ1) is 28.8. The van der Waals surface area contributed by atoms with E-state index in [0.29, 0.717) is 33.8 Å². The lowest BCUT2D eigenvalue weighted by Crippen LogP contribution is -2.04. The fraction of sp³-hybridized carbons (Fsp3) is 0.192. The van der Waals surface area contributed by atoms with Crippen molar-refractivity contribution in [2.45, 2.75) is 31.0 Å². The molecular formula is C26H19Cl2F6NOS. The average molecular weight is 578 g/mol. The van der Waals surface area contributed by atoms with E-state index in [2.05, 4.69) is 4.98 Å². The van der Waals surface area contributed by atoms with Gasteiger partial charge in [-0.25, -0.2) is 4.98 Å². The third kappa shape index (κ3) is 8.12. The van der Waals surface area contributed by atoms with Gasteiger partial charge in [-0.2, -0.15) is 26.3 Å². The predicted octanol–water partition coefficient (Wildman–Crippen LogP) is 10.1. The van der Waals surface area contributed by atoms with Gasteiger partial charge in [0.1, 0.15) is 16.5 Å². The summed E-state index contributed by atoms with van der Waals surface area (Å²) in [5.74, 6) is 1.63. The molecule has 0 fully saturated rings. The Bertz CT molecular complexity index is 1300. The zero-order valence-corrected chi connectivity index (χ0v) is 21.5. The highest BCUT2D eigenvalue weighted by molar-refractivity contribution is 7.15. The molecule has 0 saturated carbocycles. The van der Waals surface area contributed by atoms with E-state index in [1.165, 1.54) is 29.5 Å². The largest absolute Gasteiger partial charge is 0.457 e. The minimum absolute atomic E-state index is 0.322. The van der Waals surface area contributed by atoms with Crippen molar-refractivity contribution in [3.63, 3.8) is 0 Å². The number of benzene rings is 3. The first-order valence-corrected chi connectivity index (χ1v) is 12.5. The highest BCUT2D eigenvalue weighted by Crippen LogP contribution is 2.35. The summed E-state index contributed by atoms with van der Waals surface area (Å²) >= 11 is 12.7. The van der Waals surface area contributed by atoms with E-state index in [0.717, 1.165) is 40.4 Å². The maximum absolute atomic E-state index is 12.6. The minimum Gasteiger partial charge on any atom is -0.457 e. The lowest BCUT2D eigenvalue weighted by Gasteiger charge is -2.09. The summed E-state index contributed by atoms with van der Waals surface area (Å²) in [5.41, 5.74) is 0.816. The summed E-state index contributed by atoms with van der Waals surface area (Å²) in [7, 11) is 0. The molecular weight excluding hydrogens is 559 g/mol. The maximum atomic E-state index is 12.6. The van der Waals surface area contributed by atoms with Crippen molar-refractivity contribution < 1.29 is 31.1 Å². The molecule has 0 aliphatic carbocycles. The second-order valence-electron chi connectivity index (χ2n) is 7.64. The van der Waals surface area contributed by atoms with Crippen LogP contribution in [-0.2, 0) is 24.1 Å². The van der Waals surface area contributed by atoms with E-state index in [-0.39, 0.29) is 0 Å². The van der Waals surface area contributed by atoms with E-state index in [1.807, 2.05) is 0 Å². The number of aromatic nitrogens is 1. The number of hydrogen-bond acceptors (Lipinski definition) is 3. The predicted molar refractivity (Wildman–Crippen MR) is 134 cm³/mol. The molecule has 11 heteroatoms. The quantitative estimate of drug-likeness (QED) is 0.174. The van der Waals surface area contributed by atoms with Gasteiger partial charge in [0, 0.05) is 16.3 Å². The van der Waals surface area contributed by atoms with Gasteiger partial charge in [0.15, 0.2) is 0 Å². The summed E-state index contributed by atoms with van der Waals surface area (Å²) in [5, 5.41) is 0.564. The van der Waals surface area contributed by atoms with Crippen molar-refractivity contribution in [1.82, 2.24) is 4.98 Å². The Morgan fingerprint density at radius 1 is 0.757 bits per heavy atom. The van der Waals surface area contributed by atoms with Gasteiger partial charge in [0.2, 0.25) is 0 Å². The number of rotatable bonds is 5. The molecule has 4 aromatic rings. The van der Waals surface area contributed by atoms with E-state index in [9.17, 15) is 26.3 Å². The van der Waals surface area contributed by atoms with Crippen molar-refractivity contribution in [2.75, 3.05) is 0 Å². The first-order chi connectivity index (χ1) is 17.4. The fourth-order valence-electron chi connectivity index (χ4n) is 3.00. The molecule has 0 aliphatic rings. The highest BCUT2D eigenvalue weighted by Gasteiger charge is 2.31. The van der Waals surface area contributed by atoms with E-state index < -0.39 is 23.5 Å². The number of halogens is 8. The Morgan fingerprint density at radius 3 is 1.81 bits per heavy atom. The molecule has 0 N–H and O–H groups in total. The van der Waals surface area contributed by atoms with Crippen LogP contribution in [0.3, 0.4) is 0 Å². The molecule has 1 heterocycles. The Hall–Kier alpha value is -2.75. The molecule has 0 amide bonds. The lowest BCUT2D eigenvalue weighted by atomic mass is 10.1. The van der Waals surface area contributed by atoms with Crippen molar-refractivity contribution in [3.8, 4) is 22.1 Å². The molecule has 0 radical (unpaired) electrons. The Balaban J connectivity index is 0.000000206. The summed E-state index contributed by atoms with van der Waals surface area (Å²) in [6.45, 7) is 1.80. The molecule has 196 valence electrons. The van der Waals surface area contributed by atoms with Gasteiger partial charge < -0.3 is 4.74 Å². The Labute approximate surface area is 223 Å². The molecule has 1 aromatic heterocycles. The van der Waals surface area contributed by atoms with Crippen LogP contribution in [0, 0.1) is 6.92 Å². The molecule has 4 rings (SSSR count). The molecule has 0 aliphatic heterocycles. The van der Waals surface area contributed by atoms with Gasteiger partial charge >= 0.3 is 12.4 Å². The SMILES string of the molecule is Cc1nc(-c2cccc(C(F)(F)F)c2)sc1CCl.FC(F)(F)c1ccc(Oc2ccc(CCl)cc2)cc1. The summed E-state index contributed by atoms with van der Waals surface area (Å²) in [6.07, 6.45) is -8.67. The highest BCUT2D eigenvalue weighted by atomic mass is 35.5. The second-order valence-corrected chi connectivity index (χ2v) is 9.26. The van der Waals surface area contributed by atoms with E-state index >= 15 is 0 Å². The van der Waals surface area contributed by atoms with Crippen LogP contribution in [0.1, 0.15) is 27.3 Å². The van der Waals surface area contributed by atoms with Crippen LogP contribution in [-0.4, -0.2) is 4.98 Å². The molecule has 0 saturated heterocycles. The number of hydrogen-bond donors (Lipinski definition) is 0. The number of aryl methyl sites for hydroxylation is 1. The smallest absolute Gasteiger partial charge is 0.416 e. The lowest BCUT2D eigenvalue weighted by molar-refractivity contribution is -0.138. The van der Waals surface area contributed by atoms with Gasteiger partial charge in [-0.3, -0.25) is 0 Å². The second kappa shape index (κ2) is 12.2. The molecule has 0 atom stereocenters. The number of alkyl halides is 8.